The van der Waals surface area contributed by atoms with E-state index in [1.165, 1.54) is 0 Å². The molecule has 0 aliphatic heterocycles. The van der Waals surface area contributed by atoms with Crippen molar-refractivity contribution in [1.29, 1.82) is 0 Å². The molecule has 0 spiro atoms. The number of benzene rings is 1. The van der Waals surface area contributed by atoms with Crippen molar-refractivity contribution >= 4 is 23.3 Å². The molecule has 0 bridgehead atoms. The summed E-state index contributed by atoms with van der Waals surface area (Å²) in [5, 5.41) is 6.61. The lowest BCUT2D eigenvalue weighted by molar-refractivity contribution is -0.0656. The quantitative estimate of drug-likeness (QED) is 0.357. The first-order chi connectivity index (χ1) is 9.30. The Morgan fingerprint density at radius 1 is 1.15 bits per heavy atom. The molecule has 0 fully saturated rings. The van der Waals surface area contributed by atoms with Crippen molar-refractivity contribution in [2.24, 2.45) is 10.2 Å². The van der Waals surface area contributed by atoms with Crippen LogP contribution >= 0.6 is 11.8 Å². The number of hydrogen-bond acceptors (Lipinski definition) is 2. The fourth-order valence-electron chi connectivity index (χ4n) is 1.37. The maximum atomic E-state index is 12.8. The van der Waals surface area contributed by atoms with Crippen LogP contribution < -0.4 is 0 Å². The molecule has 0 heterocycles. The Hall–Kier alpha value is -1.56. The zero-order valence-corrected chi connectivity index (χ0v) is 11.9. The standard InChI is InChI=1S/C13H15ClF3N3/c1-10(2)18-19-12(13(15,16)17)20(14)9-8-11-6-4-3-5-7-11/h3-7H,8-9H2,1-2H3/b19-12-. The predicted molar refractivity (Wildman–Crippen MR) is 75.0 cm³/mol. The molecule has 1 aromatic carbocycles. The molecule has 0 saturated carbocycles. The van der Waals surface area contributed by atoms with E-state index in [0.29, 0.717) is 16.6 Å². The smallest absolute Gasteiger partial charge is 0.263 e. The average molecular weight is 306 g/mol. The summed E-state index contributed by atoms with van der Waals surface area (Å²) in [5.74, 6) is -1.21. The van der Waals surface area contributed by atoms with Gasteiger partial charge in [-0.25, -0.2) is 0 Å². The van der Waals surface area contributed by atoms with Crippen LogP contribution in [0.15, 0.2) is 40.5 Å². The minimum Gasteiger partial charge on any atom is -0.263 e. The SMILES string of the molecule is CC(C)=N/N=C(\N(Cl)CCc1ccccc1)C(F)(F)F. The van der Waals surface area contributed by atoms with Gasteiger partial charge in [-0.15, -0.1) is 5.10 Å². The van der Waals surface area contributed by atoms with E-state index in [-0.39, 0.29) is 6.54 Å². The molecule has 20 heavy (non-hydrogen) atoms. The third-order valence-corrected chi connectivity index (χ3v) is 2.60. The maximum absolute atomic E-state index is 12.8. The van der Waals surface area contributed by atoms with E-state index < -0.39 is 12.0 Å². The second kappa shape index (κ2) is 7.28. The topological polar surface area (TPSA) is 28.0 Å². The van der Waals surface area contributed by atoms with Gasteiger partial charge in [0.2, 0.25) is 5.84 Å². The number of halogens is 4. The van der Waals surface area contributed by atoms with Crippen LogP contribution in [0.4, 0.5) is 13.2 Å². The Morgan fingerprint density at radius 2 is 1.75 bits per heavy atom. The summed E-state index contributed by atoms with van der Waals surface area (Å²) in [6, 6.07) is 9.12. The van der Waals surface area contributed by atoms with Gasteiger partial charge in [-0.05, 0) is 25.8 Å². The molecule has 0 radical (unpaired) electrons. The molecular formula is C13H15ClF3N3. The zero-order chi connectivity index (χ0) is 15.2. The Labute approximate surface area is 120 Å². The summed E-state index contributed by atoms with van der Waals surface area (Å²) in [6.45, 7) is 3.10. The van der Waals surface area contributed by atoms with Gasteiger partial charge in [0.1, 0.15) is 0 Å². The number of rotatable bonds is 4. The summed E-state index contributed by atoms with van der Waals surface area (Å²) >= 11 is 5.68. The van der Waals surface area contributed by atoms with E-state index in [4.69, 9.17) is 11.8 Å². The molecule has 1 rings (SSSR count). The fraction of sp³-hybridized carbons (Fsp3) is 0.385. The van der Waals surface area contributed by atoms with Crippen LogP contribution in [0.1, 0.15) is 19.4 Å². The molecule has 0 aliphatic carbocycles. The van der Waals surface area contributed by atoms with E-state index >= 15 is 0 Å². The van der Waals surface area contributed by atoms with E-state index in [1.54, 1.807) is 13.8 Å². The van der Waals surface area contributed by atoms with Crippen molar-refractivity contribution in [3.8, 4) is 0 Å². The van der Waals surface area contributed by atoms with Crippen molar-refractivity contribution in [3.63, 3.8) is 0 Å². The van der Waals surface area contributed by atoms with Crippen molar-refractivity contribution in [2.45, 2.75) is 26.4 Å². The Kier molecular flexibility index (Phi) is 6.01. The van der Waals surface area contributed by atoms with Gasteiger partial charge in [0.05, 0.1) is 0 Å². The lowest BCUT2D eigenvalue weighted by Crippen LogP contribution is -2.36. The summed E-state index contributed by atoms with van der Waals surface area (Å²) in [7, 11) is 0. The van der Waals surface area contributed by atoms with Gasteiger partial charge in [0.15, 0.2) is 0 Å². The molecule has 0 aliphatic rings. The molecule has 0 atom stereocenters. The minimum absolute atomic E-state index is 0.0117. The van der Waals surface area contributed by atoms with Gasteiger partial charge in [-0.3, -0.25) is 4.42 Å². The minimum atomic E-state index is -4.64. The molecule has 1 aromatic rings. The van der Waals surface area contributed by atoms with Crippen LogP contribution in [0, 0.1) is 0 Å². The van der Waals surface area contributed by atoms with Gasteiger partial charge < -0.3 is 0 Å². The summed E-state index contributed by atoms with van der Waals surface area (Å²) in [4.78, 5) is 0. The summed E-state index contributed by atoms with van der Waals surface area (Å²) in [6.07, 6.45) is -4.26. The third kappa shape index (κ3) is 5.61. The van der Waals surface area contributed by atoms with E-state index in [1.807, 2.05) is 30.3 Å². The second-order valence-corrected chi connectivity index (χ2v) is 4.70. The lowest BCUT2D eigenvalue weighted by atomic mass is 10.1. The van der Waals surface area contributed by atoms with Crippen LogP contribution in [-0.2, 0) is 6.42 Å². The highest BCUT2D eigenvalue weighted by molar-refractivity contribution is 6.23. The first-order valence-electron chi connectivity index (χ1n) is 5.94. The number of hydrogen-bond donors (Lipinski definition) is 0. The molecule has 110 valence electrons. The number of amidine groups is 1. The van der Waals surface area contributed by atoms with Crippen LogP contribution in [-0.4, -0.2) is 28.7 Å². The van der Waals surface area contributed by atoms with Crippen molar-refractivity contribution < 1.29 is 13.2 Å². The molecule has 0 amide bonds. The third-order valence-electron chi connectivity index (χ3n) is 2.27. The van der Waals surface area contributed by atoms with Crippen molar-refractivity contribution in [3.05, 3.63) is 35.9 Å². The molecule has 7 heteroatoms. The highest BCUT2D eigenvalue weighted by atomic mass is 35.5. The Bertz CT molecular complexity index is 479. The molecule has 0 N–H and O–H groups in total. The Morgan fingerprint density at radius 3 is 2.25 bits per heavy atom. The summed E-state index contributed by atoms with van der Waals surface area (Å²) < 4.78 is 39.0. The van der Waals surface area contributed by atoms with Gasteiger partial charge in [-0.2, -0.15) is 18.3 Å². The van der Waals surface area contributed by atoms with Crippen molar-refractivity contribution in [1.82, 2.24) is 4.42 Å². The lowest BCUT2D eigenvalue weighted by Gasteiger charge is -2.19. The van der Waals surface area contributed by atoms with Crippen molar-refractivity contribution in [2.75, 3.05) is 6.54 Å². The zero-order valence-electron chi connectivity index (χ0n) is 11.2. The normalized spacial score (nSPS) is 12.2. The fourth-order valence-corrected chi connectivity index (χ4v) is 1.58. The van der Waals surface area contributed by atoms with Gasteiger partial charge >= 0.3 is 6.18 Å². The van der Waals surface area contributed by atoms with Gasteiger partial charge in [-0.1, -0.05) is 30.3 Å². The van der Waals surface area contributed by atoms with Crippen LogP contribution in [0.5, 0.6) is 0 Å². The van der Waals surface area contributed by atoms with E-state index in [2.05, 4.69) is 10.2 Å². The molecule has 0 aromatic heterocycles. The maximum Gasteiger partial charge on any atom is 0.452 e. The monoisotopic (exact) mass is 305 g/mol. The van der Waals surface area contributed by atoms with Gasteiger partial charge in [0.25, 0.3) is 0 Å². The molecular weight excluding hydrogens is 291 g/mol. The first-order valence-corrected chi connectivity index (χ1v) is 6.28. The van der Waals surface area contributed by atoms with Gasteiger partial charge in [0, 0.05) is 24.0 Å². The largest absolute Gasteiger partial charge is 0.452 e. The van der Waals surface area contributed by atoms with E-state index in [9.17, 15) is 13.2 Å². The summed E-state index contributed by atoms with van der Waals surface area (Å²) in [5.41, 5.74) is 1.31. The number of nitrogens with zero attached hydrogens (tertiary/aromatic N) is 3. The van der Waals surface area contributed by atoms with Crippen LogP contribution in [0.2, 0.25) is 0 Å². The van der Waals surface area contributed by atoms with E-state index in [0.717, 1.165) is 5.56 Å². The highest BCUT2D eigenvalue weighted by Gasteiger charge is 2.40. The highest BCUT2D eigenvalue weighted by Crippen LogP contribution is 2.22. The molecule has 0 unspecified atom stereocenters. The van der Waals surface area contributed by atoms with Crippen LogP contribution in [0.25, 0.3) is 0 Å². The molecule has 3 nitrogen and oxygen atoms in total. The molecule has 0 saturated heterocycles. The second-order valence-electron chi connectivity index (χ2n) is 4.29. The first kappa shape index (κ1) is 16.5. The predicted octanol–water partition coefficient (Wildman–Crippen LogP) is 4.04. The number of alkyl halides is 3. The van der Waals surface area contributed by atoms with Crippen LogP contribution in [0.3, 0.4) is 0 Å². The average Bonchev–Trinajstić information content (AvgIpc) is 2.35. The Balaban J connectivity index is 2.77.